The second kappa shape index (κ2) is 7.45. The van der Waals surface area contributed by atoms with E-state index in [1.165, 1.54) is 16.0 Å². The summed E-state index contributed by atoms with van der Waals surface area (Å²) in [6.07, 6.45) is 0. The quantitative estimate of drug-likeness (QED) is 0.651. The molecule has 0 radical (unpaired) electrons. The Morgan fingerprint density at radius 2 is 1.80 bits per heavy atom. The van der Waals surface area contributed by atoms with E-state index in [2.05, 4.69) is 74.9 Å². The average molecular weight is 352 g/mol. The summed E-state index contributed by atoms with van der Waals surface area (Å²) in [7, 11) is 1.79. The van der Waals surface area contributed by atoms with E-state index in [1.54, 1.807) is 18.4 Å². The van der Waals surface area contributed by atoms with E-state index in [1.807, 2.05) is 0 Å². The summed E-state index contributed by atoms with van der Waals surface area (Å²) in [5.74, 6) is 0.815. The SMILES string of the molecule is CN=C(NCc1ccc(C)cc1)NCc1ccc(Br)s1. The Bertz CT molecular complexity index is 575. The lowest BCUT2D eigenvalue weighted by atomic mass is 10.1. The van der Waals surface area contributed by atoms with Gasteiger partial charge < -0.3 is 10.6 Å². The first-order chi connectivity index (χ1) is 9.67. The summed E-state index contributed by atoms with van der Waals surface area (Å²) >= 11 is 5.20. The Morgan fingerprint density at radius 3 is 2.40 bits per heavy atom. The molecule has 0 spiro atoms. The molecule has 0 saturated heterocycles. The van der Waals surface area contributed by atoms with Crippen molar-refractivity contribution in [3.05, 3.63) is 56.2 Å². The molecule has 0 amide bonds. The highest BCUT2D eigenvalue weighted by atomic mass is 79.9. The minimum Gasteiger partial charge on any atom is -0.352 e. The average Bonchev–Trinajstić information content (AvgIpc) is 2.87. The predicted molar refractivity (Wildman–Crippen MR) is 90.2 cm³/mol. The maximum atomic E-state index is 4.23. The molecule has 0 fully saturated rings. The van der Waals surface area contributed by atoms with Crippen LogP contribution in [0.1, 0.15) is 16.0 Å². The monoisotopic (exact) mass is 351 g/mol. The van der Waals surface area contributed by atoms with Crippen LogP contribution in [0.15, 0.2) is 45.2 Å². The molecule has 3 nitrogen and oxygen atoms in total. The van der Waals surface area contributed by atoms with E-state index in [0.29, 0.717) is 0 Å². The molecule has 0 saturated carbocycles. The van der Waals surface area contributed by atoms with Crippen molar-refractivity contribution < 1.29 is 0 Å². The number of thiophene rings is 1. The van der Waals surface area contributed by atoms with Gasteiger partial charge in [-0.15, -0.1) is 11.3 Å². The Hall–Kier alpha value is -1.33. The highest BCUT2D eigenvalue weighted by Crippen LogP contribution is 2.21. The largest absolute Gasteiger partial charge is 0.352 e. The fourth-order valence-electron chi connectivity index (χ4n) is 1.73. The zero-order valence-electron chi connectivity index (χ0n) is 11.6. The molecule has 0 unspecified atom stereocenters. The molecule has 0 atom stereocenters. The maximum absolute atomic E-state index is 4.23. The zero-order valence-corrected chi connectivity index (χ0v) is 14.0. The van der Waals surface area contributed by atoms with Gasteiger partial charge in [0.05, 0.1) is 10.3 Å². The number of aliphatic imine (C=N–C) groups is 1. The Kier molecular flexibility index (Phi) is 5.61. The molecule has 2 rings (SSSR count). The van der Waals surface area contributed by atoms with E-state index in [9.17, 15) is 0 Å². The van der Waals surface area contributed by atoms with Crippen molar-refractivity contribution in [1.82, 2.24) is 10.6 Å². The van der Waals surface area contributed by atoms with Gasteiger partial charge in [-0.25, -0.2) is 0 Å². The van der Waals surface area contributed by atoms with Crippen LogP contribution in [0.4, 0.5) is 0 Å². The molecule has 2 N–H and O–H groups in total. The van der Waals surface area contributed by atoms with Gasteiger partial charge in [0.25, 0.3) is 0 Å². The number of aryl methyl sites for hydroxylation is 1. The van der Waals surface area contributed by atoms with Crippen molar-refractivity contribution in [2.24, 2.45) is 4.99 Å². The maximum Gasteiger partial charge on any atom is 0.191 e. The molecule has 0 bridgehead atoms. The lowest BCUT2D eigenvalue weighted by Gasteiger charge is -2.11. The number of nitrogens with zero attached hydrogens (tertiary/aromatic N) is 1. The van der Waals surface area contributed by atoms with Crippen LogP contribution in [0.5, 0.6) is 0 Å². The Balaban J connectivity index is 1.82. The van der Waals surface area contributed by atoms with Crippen LogP contribution in [0.2, 0.25) is 0 Å². The minimum atomic E-state index is 0.772. The van der Waals surface area contributed by atoms with E-state index in [-0.39, 0.29) is 0 Å². The summed E-state index contributed by atoms with van der Waals surface area (Å²) < 4.78 is 1.15. The van der Waals surface area contributed by atoms with E-state index >= 15 is 0 Å². The first kappa shape index (κ1) is 15.1. The van der Waals surface area contributed by atoms with Gasteiger partial charge in [0, 0.05) is 18.5 Å². The third kappa shape index (κ3) is 4.65. The standard InChI is InChI=1S/C15H18BrN3S/c1-11-3-5-12(6-4-11)9-18-15(17-2)19-10-13-7-8-14(16)20-13/h3-8H,9-10H2,1-2H3,(H2,17,18,19). The van der Waals surface area contributed by atoms with Gasteiger partial charge in [0.15, 0.2) is 5.96 Å². The van der Waals surface area contributed by atoms with Crippen molar-refractivity contribution in [3.8, 4) is 0 Å². The smallest absolute Gasteiger partial charge is 0.191 e. The number of nitrogens with one attached hydrogen (secondary N) is 2. The number of hydrogen-bond acceptors (Lipinski definition) is 2. The fourth-order valence-corrected chi connectivity index (χ4v) is 3.15. The molecule has 1 aromatic carbocycles. The van der Waals surface area contributed by atoms with Crippen molar-refractivity contribution in [2.75, 3.05) is 7.05 Å². The number of hydrogen-bond donors (Lipinski definition) is 2. The molecule has 0 aliphatic heterocycles. The topological polar surface area (TPSA) is 36.4 Å². The van der Waals surface area contributed by atoms with Gasteiger partial charge in [-0.05, 0) is 40.5 Å². The second-order valence-electron chi connectivity index (χ2n) is 4.47. The lowest BCUT2D eigenvalue weighted by Crippen LogP contribution is -2.36. The summed E-state index contributed by atoms with van der Waals surface area (Å²) in [4.78, 5) is 5.50. The van der Waals surface area contributed by atoms with Gasteiger partial charge in [0.1, 0.15) is 0 Å². The Labute approximate surface area is 132 Å². The summed E-state index contributed by atoms with van der Waals surface area (Å²) in [6.45, 7) is 3.65. The summed E-state index contributed by atoms with van der Waals surface area (Å²) in [6, 6.07) is 12.7. The van der Waals surface area contributed by atoms with Crippen molar-refractivity contribution in [3.63, 3.8) is 0 Å². The van der Waals surface area contributed by atoms with Gasteiger partial charge in [-0.3, -0.25) is 4.99 Å². The van der Waals surface area contributed by atoms with Gasteiger partial charge in [-0.2, -0.15) is 0 Å². The van der Waals surface area contributed by atoms with Crippen molar-refractivity contribution >= 4 is 33.2 Å². The van der Waals surface area contributed by atoms with Gasteiger partial charge in [0.2, 0.25) is 0 Å². The van der Waals surface area contributed by atoms with Crippen LogP contribution in [0.3, 0.4) is 0 Å². The van der Waals surface area contributed by atoms with Crippen molar-refractivity contribution in [1.29, 1.82) is 0 Å². The van der Waals surface area contributed by atoms with Gasteiger partial charge >= 0.3 is 0 Å². The van der Waals surface area contributed by atoms with Crippen LogP contribution < -0.4 is 10.6 Å². The van der Waals surface area contributed by atoms with Crippen LogP contribution >= 0.6 is 27.3 Å². The van der Waals surface area contributed by atoms with Crippen LogP contribution in [-0.4, -0.2) is 13.0 Å². The fraction of sp³-hybridized carbons (Fsp3) is 0.267. The predicted octanol–water partition coefficient (Wildman–Crippen LogP) is 3.68. The highest BCUT2D eigenvalue weighted by Gasteiger charge is 2.01. The molecular formula is C15H18BrN3S. The molecule has 5 heteroatoms. The first-order valence-electron chi connectivity index (χ1n) is 6.41. The van der Waals surface area contributed by atoms with E-state index in [4.69, 9.17) is 0 Å². The molecule has 20 heavy (non-hydrogen) atoms. The number of halogens is 1. The molecule has 0 aliphatic rings. The third-order valence-electron chi connectivity index (χ3n) is 2.86. The summed E-state index contributed by atoms with van der Waals surface area (Å²) in [5.41, 5.74) is 2.52. The normalized spacial score (nSPS) is 11.4. The van der Waals surface area contributed by atoms with Crippen LogP contribution in [0.25, 0.3) is 0 Å². The minimum absolute atomic E-state index is 0.772. The van der Waals surface area contributed by atoms with E-state index < -0.39 is 0 Å². The number of rotatable bonds is 4. The van der Waals surface area contributed by atoms with Gasteiger partial charge in [-0.1, -0.05) is 29.8 Å². The molecule has 2 aromatic rings. The van der Waals surface area contributed by atoms with Crippen LogP contribution in [0, 0.1) is 6.92 Å². The number of guanidine groups is 1. The van der Waals surface area contributed by atoms with E-state index in [0.717, 1.165) is 22.8 Å². The summed E-state index contributed by atoms with van der Waals surface area (Å²) in [5, 5.41) is 6.62. The Morgan fingerprint density at radius 1 is 1.10 bits per heavy atom. The van der Waals surface area contributed by atoms with Crippen molar-refractivity contribution in [2.45, 2.75) is 20.0 Å². The number of benzene rings is 1. The zero-order chi connectivity index (χ0) is 14.4. The highest BCUT2D eigenvalue weighted by molar-refractivity contribution is 9.11. The molecular weight excluding hydrogens is 334 g/mol. The van der Waals surface area contributed by atoms with Crippen LogP contribution in [-0.2, 0) is 13.1 Å². The first-order valence-corrected chi connectivity index (χ1v) is 8.02. The lowest BCUT2D eigenvalue weighted by molar-refractivity contribution is 0.815. The third-order valence-corrected chi connectivity index (χ3v) is 4.49. The second-order valence-corrected chi connectivity index (χ2v) is 7.02. The molecule has 106 valence electrons. The molecule has 1 heterocycles. The molecule has 1 aromatic heterocycles. The molecule has 0 aliphatic carbocycles.